The maximum atomic E-state index is 13.7. The van der Waals surface area contributed by atoms with E-state index in [2.05, 4.69) is 10.1 Å². The van der Waals surface area contributed by atoms with Crippen LogP contribution < -0.4 is 4.74 Å². The third-order valence-corrected chi connectivity index (χ3v) is 4.60. The van der Waals surface area contributed by atoms with Crippen LogP contribution in [0.4, 0.5) is 26.3 Å². The van der Waals surface area contributed by atoms with Gasteiger partial charge in [-0.05, 0) is 35.9 Å². The minimum atomic E-state index is -5.08. The zero-order valence-electron chi connectivity index (χ0n) is 15.8. The number of hydrogen-bond acceptors (Lipinski definition) is 3. The quantitative estimate of drug-likeness (QED) is 0.363. The van der Waals surface area contributed by atoms with Gasteiger partial charge in [-0.1, -0.05) is 30.3 Å². The average Bonchev–Trinajstić information content (AvgIpc) is 3.11. The number of aromatic nitrogens is 3. The van der Waals surface area contributed by atoms with E-state index in [1.54, 1.807) is 54.6 Å². The number of halogens is 6. The average molecular weight is 437 g/mol. The number of fused-ring (bicyclic) bond motifs is 1. The Kier molecular flexibility index (Phi) is 4.87. The van der Waals surface area contributed by atoms with Crippen LogP contribution in [0.2, 0.25) is 0 Å². The van der Waals surface area contributed by atoms with Crippen LogP contribution in [0.25, 0.3) is 28.0 Å². The lowest BCUT2D eigenvalue weighted by atomic mass is 10.0. The van der Waals surface area contributed by atoms with Crippen LogP contribution >= 0.6 is 0 Å². The van der Waals surface area contributed by atoms with E-state index in [0.717, 1.165) is 0 Å². The predicted octanol–water partition coefficient (Wildman–Crippen LogP) is 6.11. The summed E-state index contributed by atoms with van der Waals surface area (Å²) >= 11 is 0. The lowest BCUT2D eigenvalue weighted by molar-refractivity contribution is -0.148. The predicted molar refractivity (Wildman–Crippen MR) is 100 cm³/mol. The van der Waals surface area contributed by atoms with Crippen molar-refractivity contribution in [1.82, 2.24) is 14.6 Å². The van der Waals surface area contributed by atoms with Crippen molar-refractivity contribution in [2.45, 2.75) is 12.4 Å². The highest BCUT2D eigenvalue weighted by molar-refractivity contribution is 5.90. The number of ether oxygens (including phenoxy) is 1. The second-order valence-electron chi connectivity index (χ2n) is 6.58. The molecule has 160 valence electrons. The lowest BCUT2D eigenvalue weighted by Crippen LogP contribution is -2.18. The number of alkyl halides is 6. The largest absolute Gasteiger partial charge is 0.497 e. The zero-order chi connectivity index (χ0) is 22.4. The molecular formula is C21H13F6N3O. The summed E-state index contributed by atoms with van der Waals surface area (Å²) in [4.78, 5) is 3.53. The molecule has 0 bridgehead atoms. The smallest absolute Gasteiger partial charge is 0.433 e. The summed E-state index contributed by atoms with van der Waals surface area (Å²) in [6.07, 6.45) is -10.2. The van der Waals surface area contributed by atoms with E-state index in [-0.39, 0.29) is 17.3 Å². The van der Waals surface area contributed by atoms with Gasteiger partial charge in [0.15, 0.2) is 11.3 Å². The molecule has 0 aliphatic rings. The van der Waals surface area contributed by atoms with E-state index in [1.165, 1.54) is 7.11 Å². The number of benzene rings is 2. The summed E-state index contributed by atoms with van der Waals surface area (Å²) in [5.74, 6) is 0.502. The molecule has 0 radical (unpaired) electrons. The standard InChI is InChI=1S/C21H13F6N3O/c1-31-14-9-7-13(8-10-14)18-17(12-5-3-2-4-6-12)19-28-15(20(22,23)24)11-16(21(25,26)27)30(19)29-18/h2-11H,1H3. The molecule has 0 fully saturated rings. The molecule has 0 spiro atoms. The Labute approximate surface area is 171 Å². The lowest BCUT2D eigenvalue weighted by Gasteiger charge is -2.12. The molecule has 10 heteroatoms. The molecule has 0 unspecified atom stereocenters. The van der Waals surface area contributed by atoms with Crippen molar-refractivity contribution in [2.24, 2.45) is 0 Å². The molecule has 31 heavy (non-hydrogen) atoms. The van der Waals surface area contributed by atoms with E-state index in [0.29, 0.717) is 21.4 Å². The van der Waals surface area contributed by atoms with Gasteiger partial charge in [0.2, 0.25) is 0 Å². The molecule has 0 atom stereocenters. The van der Waals surface area contributed by atoms with Crippen LogP contribution in [-0.2, 0) is 12.4 Å². The molecule has 4 aromatic rings. The molecule has 0 aliphatic carbocycles. The molecule has 0 saturated carbocycles. The van der Waals surface area contributed by atoms with Crippen LogP contribution in [0.15, 0.2) is 60.7 Å². The molecule has 0 amide bonds. The minimum Gasteiger partial charge on any atom is -0.497 e. The van der Waals surface area contributed by atoms with Crippen LogP contribution in [0.1, 0.15) is 11.4 Å². The zero-order valence-corrected chi connectivity index (χ0v) is 15.8. The van der Waals surface area contributed by atoms with Gasteiger partial charge in [-0.2, -0.15) is 31.4 Å². The normalized spacial score (nSPS) is 12.4. The molecule has 0 saturated heterocycles. The van der Waals surface area contributed by atoms with Gasteiger partial charge in [-0.15, -0.1) is 0 Å². The summed E-state index contributed by atoms with van der Waals surface area (Å²) in [5.41, 5.74) is -2.87. The molecule has 2 heterocycles. The van der Waals surface area contributed by atoms with E-state index >= 15 is 0 Å². The van der Waals surface area contributed by atoms with Gasteiger partial charge in [0.25, 0.3) is 0 Å². The third kappa shape index (κ3) is 3.80. The van der Waals surface area contributed by atoms with Crippen LogP contribution in [0.3, 0.4) is 0 Å². The molecule has 0 N–H and O–H groups in total. The number of methoxy groups -OCH3 is 1. The number of nitrogens with zero attached hydrogens (tertiary/aromatic N) is 3. The van der Waals surface area contributed by atoms with Gasteiger partial charge in [-0.25, -0.2) is 9.50 Å². The van der Waals surface area contributed by atoms with E-state index in [4.69, 9.17) is 4.74 Å². The fraction of sp³-hybridized carbons (Fsp3) is 0.143. The highest BCUT2D eigenvalue weighted by Crippen LogP contribution is 2.40. The first kappa shape index (κ1) is 20.7. The van der Waals surface area contributed by atoms with Crippen molar-refractivity contribution in [3.63, 3.8) is 0 Å². The summed E-state index contributed by atoms with van der Waals surface area (Å²) < 4.78 is 86.5. The highest BCUT2D eigenvalue weighted by atomic mass is 19.4. The fourth-order valence-electron chi connectivity index (χ4n) is 3.19. The van der Waals surface area contributed by atoms with Gasteiger partial charge in [0.05, 0.1) is 12.7 Å². The molecule has 4 rings (SSSR count). The fourth-order valence-corrected chi connectivity index (χ4v) is 3.19. The van der Waals surface area contributed by atoms with E-state index < -0.39 is 29.4 Å². The maximum absolute atomic E-state index is 13.7. The van der Waals surface area contributed by atoms with Gasteiger partial charge >= 0.3 is 12.4 Å². The number of rotatable bonds is 3. The number of hydrogen-bond donors (Lipinski definition) is 0. The Hall–Kier alpha value is -3.56. The van der Waals surface area contributed by atoms with Crippen molar-refractivity contribution < 1.29 is 31.1 Å². The van der Waals surface area contributed by atoms with Crippen molar-refractivity contribution in [3.05, 3.63) is 72.1 Å². The van der Waals surface area contributed by atoms with Crippen LogP contribution in [0.5, 0.6) is 5.75 Å². The van der Waals surface area contributed by atoms with Crippen LogP contribution in [0, 0.1) is 0 Å². The Bertz CT molecular complexity index is 1230. The molecule has 0 aliphatic heterocycles. The van der Waals surface area contributed by atoms with E-state index in [9.17, 15) is 26.3 Å². The second-order valence-corrected chi connectivity index (χ2v) is 6.58. The summed E-state index contributed by atoms with van der Waals surface area (Å²) in [5, 5.41) is 4.03. The first-order valence-electron chi connectivity index (χ1n) is 8.87. The Balaban J connectivity index is 2.12. The van der Waals surface area contributed by atoms with Crippen LogP contribution in [-0.4, -0.2) is 21.7 Å². The monoisotopic (exact) mass is 437 g/mol. The van der Waals surface area contributed by atoms with Crippen molar-refractivity contribution >= 4 is 5.65 Å². The van der Waals surface area contributed by atoms with Crippen molar-refractivity contribution in [3.8, 4) is 28.1 Å². The Morgan fingerprint density at radius 2 is 1.45 bits per heavy atom. The second kappa shape index (κ2) is 7.29. The molecule has 4 nitrogen and oxygen atoms in total. The molecule has 2 aromatic carbocycles. The van der Waals surface area contributed by atoms with E-state index in [1.807, 2.05) is 0 Å². The Morgan fingerprint density at radius 3 is 2.00 bits per heavy atom. The molecular weight excluding hydrogens is 424 g/mol. The van der Waals surface area contributed by atoms with Crippen molar-refractivity contribution in [1.29, 1.82) is 0 Å². The van der Waals surface area contributed by atoms with Crippen molar-refractivity contribution in [2.75, 3.05) is 7.11 Å². The van der Waals surface area contributed by atoms with Gasteiger partial charge in [-0.3, -0.25) is 0 Å². The third-order valence-electron chi connectivity index (χ3n) is 4.60. The van der Waals surface area contributed by atoms with Gasteiger partial charge in [0.1, 0.15) is 17.1 Å². The maximum Gasteiger partial charge on any atom is 0.433 e. The SMILES string of the molecule is COc1ccc(-c2nn3c(C(F)(F)F)cc(C(F)(F)F)nc3c2-c2ccccc2)cc1. The van der Waals surface area contributed by atoms with Gasteiger partial charge < -0.3 is 4.74 Å². The molecule has 2 aromatic heterocycles. The highest BCUT2D eigenvalue weighted by Gasteiger charge is 2.41. The first-order chi connectivity index (χ1) is 14.6. The summed E-state index contributed by atoms with van der Waals surface area (Å²) in [6.45, 7) is 0. The summed E-state index contributed by atoms with van der Waals surface area (Å²) in [6, 6.07) is 14.3. The van der Waals surface area contributed by atoms with Gasteiger partial charge in [0, 0.05) is 5.56 Å². The Morgan fingerprint density at radius 1 is 0.806 bits per heavy atom. The summed E-state index contributed by atoms with van der Waals surface area (Å²) in [7, 11) is 1.45. The minimum absolute atomic E-state index is 0.0351. The topological polar surface area (TPSA) is 39.4 Å². The first-order valence-corrected chi connectivity index (χ1v) is 8.87.